The summed E-state index contributed by atoms with van der Waals surface area (Å²) in [7, 11) is 0. The summed E-state index contributed by atoms with van der Waals surface area (Å²) in [5.74, 6) is 1.65. The van der Waals surface area contributed by atoms with E-state index in [0.29, 0.717) is 12.5 Å². The first-order chi connectivity index (χ1) is 16.2. The first-order valence-electron chi connectivity index (χ1n) is 11.5. The van der Waals surface area contributed by atoms with Crippen LogP contribution in [0.2, 0.25) is 0 Å². The Balaban J connectivity index is 1.61. The fraction of sp³-hybridized carbons (Fsp3) is 0.286. The van der Waals surface area contributed by atoms with E-state index in [-0.39, 0.29) is 5.75 Å². The van der Waals surface area contributed by atoms with Gasteiger partial charge < -0.3 is 15.2 Å². The maximum Gasteiger partial charge on any atom is 0.119 e. The predicted molar refractivity (Wildman–Crippen MR) is 137 cm³/mol. The summed E-state index contributed by atoms with van der Waals surface area (Å²) in [6.07, 6.45) is 0.741. The summed E-state index contributed by atoms with van der Waals surface area (Å²) in [4.78, 5) is 2.43. The van der Waals surface area contributed by atoms with Crippen molar-refractivity contribution in [1.82, 2.24) is 10.2 Å². The lowest BCUT2D eigenvalue weighted by molar-refractivity contribution is 0.191. The molecule has 0 saturated carbocycles. The molecule has 1 fully saturated rings. The average Bonchev–Trinajstić information content (AvgIpc) is 2.87. The Morgan fingerprint density at radius 3 is 2.12 bits per heavy atom. The van der Waals surface area contributed by atoms with Gasteiger partial charge >= 0.3 is 0 Å². The van der Waals surface area contributed by atoms with Crippen molar-refractivity contribution in [1.29, 1.82) is 0 Å². The maximum absolute atomic E-state index is 9.82. The number of hydrogen-bond acceptors (Lipinski definition) is 4. The second-order valence-corrected chi connectivity index (χ2v) is 8.55. The summed E-state index contributed by atoms with van der Waals surface area (Å²) < 4.78 is 6.03. The Labute approximate surface area is 201 Å². The molecule has 0 radical (unpaired) electrons. The molecule has 3 aromatic carbocycles. The van der Waals surface area contributed by atoms with Gasteiger partial charge in [-0.1, -0.05) is 54.6 Å². The molecule has 0 bridgehead atoms. The smallest absolute Gasteiger partial charge is 0.119 e. The minimum atomic E-state index is 0.255. The van der Waals surface area contributed by atoms with Gasteiger partial charge in [0.05, 0.1) is 0 Å². The van der Waals surface area contributed by atoms with Crippen molar-refractivity contribution in [2.24, 2.45) is 0 Å². The molecular weight excluding hydrogens is 432 g/mol. The van der Waals surface area contributed by atoms with Crippen LogP contribution < -0.4 is 10.1 Å². The Morgan fingerprint density at radius 1 is 0.848 bits per heavy atom. The molecular formula is C28H31ClN2O2. The molecule has 0 aromatic heterocycles. The molecule has 0 unspecified atom stereocenters. The van der Waals surface area contributed by atoms with E-state index in [1.807, 2.05) is 42.5 Å². The largest absolute Gasteiger partial charge is 0.508 e. The second-order valence-electron chi connectivity index (χ2n) is 8.17. The standard InChI is InChI=1S/C28H31ClN2O2/c29-15-14-27(22-4-2-1-3-5-22)28(23-6-10-25(32)11-7-23)24-8-12-26(13-9-24)33-21-20-31-18-16-30-17-19-31/h1-13,30,32H,14-21H2/b28-27-. The second kappa shape index (κ2) is 11.9. The number of piperazine rings is 1. The van der Waals surface area contributed by atoms with Crippen LogP contribution in [0.5, 0.6) is 11.5 Å². The van der Waals surface area contributed by atoms with E-state index in [4.69, 9.17) is 16.3 Å². The number of phenols is 1. The molecule has 1 saturated heterocycles. The monoisotopic (exact) mass is 462 g/mol. The highest BCUT2D eigenvalue weighted by atomic mass is 35.5. The molecule has 0 amide bonds. The number of alkyl halides is 1. The number of nitrogens with one attached hydrogen (secondary N) is 1. The van der Waals surface area contributed by atoms with Crippen LogP contribution in [0.4, 0.5) is 0 Å². The number of hydrogen-bond donors (Lipinski definition) is 2. The minimum Gasteiger partial charge on any atom is -0.508 e. The van der Waals surface area contributed by atoms with E-state index in [1.165, 1.54) is 5.57 Å². The lowest BCUT2D eigenvalue weighted by Crippen LogP contribution is -2.44. The molecule has 2 N–H and O–H groups in total. The summed E-state index contributed by atoms with van der Waals surface area (Å²) in [5, 5.41) is 13.2. The lowest BCUT2D eigenvalue weighted by Gasteiger charge is -2.26. The molecule has 5 heteroatoms. The SMILES string of the molecule is Oc1ccc(/C(=C(\CCCl)c2ccccc2)c2ccc(OCCN3CCNCC3)cc2)cc1. The molecule has 1 aliphatic heterocycles. The van der Waals surface area contributed by atoms with Crippen LogP contribution in [0.25, 0.3) is 11.1 Å². The van der Waals surface area contributed by atoms with Crippen molar-refractivity contribution in [3.8, 4) is 11.5 Å². The highest BCUT2D eigenvalue weighted by Gasteiger charge is 2.15. The quantitative estimate of drug-likeness (QED) is 0.336. The molecule has 172 valence electrons. The van der Waals surface area contributed by atoms with E-state index >= 15 is 0 Å². The topological polar surface area (TPSA) is 44.7 Å². The van der Waals surface area contributed by atoms with Crippen molar-refractivity contribution in [3.63, 3.8) is 0 Å². The zero-order valence-corrected chi connectivity index (χ0v) is 19.6. The van der Waals surface area contributed by atoms with Crippen LogP contribution in [0, 0.1) is 0 Å². The minimum absolute atomic E-state index is 0.255. The Morgan fingerprint density at radius 2 is 1.48 bits per heavy atom. The number of benzene rings is 3. The van der Waals surface area contributed by atoms with Gasteiger partial charge in [0.2, 0.25) is 0 Å². The average molecular weight is 463 g/mol. The van der Waals surface area contributed by atoms with Crippen LogP contribution in [-0.4, -0.2) is 55.2 Å². The molecule has 3 aromatic rings. The third-order valence-electron chi connectivity index (χ3n) is 5.95. The highest BCUT2D eigenvalue weighted by molar-refractivity contribution is 6.18. The molecule has 0 spiro atoms. The number of rotatable bonds is 9. The lowest BCUT2D eigenvalue weighted by atomic mass is 9.88. The summed E-state index contributed by atoms with van der Waals surface area (Å²) >= 11 is 6.23. The van der Waals surface area contributed by atoms with Crippen LogP contribution in [0.15, 0.2) is 78.9 Å². The van der Waals surface area contributed by atoms with Gasteiger partial charge in [0.25, 0.3) is 0 Å². The van der Waals surface area contributed by atoms with E-state index in [0.717, 1.165) is 67.2 Å². The highest BCUT2D eigenvalue weighted by Crippen LogP contribution is 2.35. The van der Waals surface area contributed by atoms with Gasteiger partial charge in [0.15, 0.2) is 0 Å². The molecule has 1 aliphatic rings. The fourth-order valence-electron chi connectivity index (χ4n) is 4.24. The molecule has 4 rings (SSSR count). The summed E-state index contributed by atoms with van der Waals surface area (Å²) in [6.45, 7) is 5.87. The summed E-state index contributed by atoms with van der Waals surface area (Å²) in [6, 6.07) is 26.0. The Kier molecular flexibility index (Phi) is 8.42. The van der Waals surface area contributed by atoms with E-state index < -0.39 is 0 Å². The predicted octanol–water partition coefficient (Wildman–Crippen LogP) is 5.26. The third-order valence-corrected chi connectivity index (χ3v) is 6.14. The van der Waals surface area contributed by atoms with Gasteiger partial charge in [-0.3, -0.25) is 4.90 Å². The number of nitrogens with zero attached hydrogens (tertiary/aromatic N) is 1. The number of phenolic OH excluding ortho intramolecular Hbond substituents is 1. The number of allylic oxidation sites excluding steroid dienone is 1. The number of ether oxygens (including phenoxy) is 1. The zero-order valence-electron chi connectivity index (χ0n) is 18.8. The normalized spacial score (nSPS) is 15.2. The van der Waals surface area contributed by atoms with Gasteiger partial charge in [-0.25, -0.2) is 0 Å². The molecule has 33 heavy (non-hydrogen) atoms. The van der Waals surface area contributed by atoms with E-state index in [1.54, 1.807) is 12.1 Å². The van der Waals surface area contributed by atoms with Gasteiger partial charge in [-0.15, -0.1) is 11.6 Å². The van der Waals surface area contributed by atoms with Crippen LogP contribution in [0.3, 0.4) is 0 Å². The van der Waals surface area contributed by atoms with Crippen molar-refractivity contribution < 1.29 is 9.84 Å². The Bertz CT molecular complexity index is 1030. The molecule has 0 aliphatic carbocycles. The maximum atomic E-state index is 9.82. The van der Waals surface area contributed by atoms with Gasteiger partial charge in [-0.05, 0) is 58.5 Å². The van der Waals surface area contributed by atoms with Crippen molar-refractivity contribution in [2.75, 3.05) is 45.2 Å². The van der Waals surface area contributed by atoms with Crippen LogP contribution in [0.1, 0.15) is 23.1 Å². The van der Waals surface area contributed by atoms with E-state index in [2.05, 4.69) is 34.5 Å². The van der Waals surface area contributed by atoms with Crippen LogP contribution in [-0.2, 0) is 0 Å². The molecule has 1 heterocycles. The van der Waals surface area contributed by atoms with Crippen LogP contribution >= 0.6 is 11.6 Å². The van der Waals surface area contributed by atoms with E-state index in [9.17, 15) is 5.11 Å². The van der Waals surface area contributed by atoms with Gasteiger partial charge in [0.1, 0.15) is 18.1 Å². The Hall–Kier alpha value is -2.79. The molecule has 4 nitrogen and oxygen atoms in total. The van der Waals surface area contributed by atoms with Gasteiger partial charge in [-0.2, -0.15) is 0 Å². The first kappa shape index (κ1) is 23.4. The number of aromatic hydroxyl groups is 1. The van der Waals surface area contributed by atoms with Crippen molar-refractivity contribution in [2.45, 2.75) is 6.42 Å². The van der Waals surface area contributed by atoms with Gasteiger partial charge in [0, 0.05) is 38.6 Å². The fourth-order valence-corrected chi connectivity index (χ4v) is 4.42. The van der Waals surface area contributed by atoms with Crippen molar-refractivity contribution in [3.05, 3.63) is 95.6 Å². The summed E-state index contributed by atoms with van der Waals surface area (Å²) in [5.41, 5.74) is 5.60. The number of halogens is 1. The third kappa shape index (κ3) is 6.38. The first-order valence-corrected chi connectivity index (χ1v) is 12.1. The molecule has 0 atom stereocenters. The van der Waals surface area contributed by atoms with Crippen molar-refractivity contribution >= 4 is 22.7 Å². The zero-order chi connectivity index (χ0) is 22.9.